The Morgan fingerprint density at radius 2 is 2.10 bits per heavy atom. The minimum atomic E-state index is 0.250. The zero-order valence-corrected chi connectivity index (χ0v) is 12.6. The first-order chi connectivity index (χ1) is 9.81. The van der Waals surface area contributed by atoms with Crippen LogP contribution in [0.25, 0.3) is 0 Å². The van der Waals surface area contributed by atoms with E-state index in [9.17, 15) is 0 Å². The fraction of sp³-hybridized carbons (Fsp3) is 0.462. The Hall–Kier alpha value is -1.40. The smallest absolute Gasteiger partial charge is 0.231 e. The Morgan fingerprint density at radius 3 is 2.85 bits per heavy atom. The number of hydrogen-bond donors (Lipinski definition) is 1. The molecule has 1 fully saturated rings. The molecular weight excluding hydrogens is 294 g/mol. The summed E-state index contributed by atoms with van der Waals surface area (Å²) >= 11 is 7.69. The first-order valence-corrected chi connectivity index (χ1v) is 8.05. The number of hydrogen-bond acceptors (Lipinski definition) is 6. The van der Waals surface area contributed by atoms with Gasteiger partial charge in [-0.3, -0.25) is 0 Å². The van der Waals surface area contributed by atoms with Crippen LogP contribution in [0, 0.1) is 0 Å². The van der Waals surface area contributed by atoms with Gasteiger partial charge in [-0.1, -0.05) is 0 Å². The Balaban J connectivity index is 1.63. The summed E-state index contributed by atoms with van der Waals surface area (Å²) in [6.45, 7) is 2.78. The lowest BCUT2D eigenvalue weighted by atomic mass is 10.2. The van der Waals surface area contributed by atoms with Gasteiger partial charge in [0.2, 0.25) is 17.2 Å². The van der Waals surface area contributed by atoms with Crippen molar-refractivity contribution in [1.82, 2.24) is 15.0 Å². The quantitative estimate of drug-likeness (QED) is 0.920. The maximum atomic E-state index is 5.98. The molecule has 3 heterocycles. The Kier molecular flexibility index (Phi) is 4.32. The van der Waals surface area contributed by atoms with Gasteiger partial charge in [-0.05, 0) is 53.3 Å². The van der Waals surface area contributed by atoms with Gasteiger partial charge < -0.3 is 10.2 Å². The molecule has 0 bridgehead atoms. The van der Waals surface area contributed by atoms with Crippen molar-refractivity contribution in [2.75, 3.05) is 29.9 Å². The molecule has 1 saturated heterocycles. The predicted molar refractivity (Wildman–Crippen MR) is 82.8 cm³/mol. The number of thiophene rings is 1. The van der Waals surface area contributed by atoms with Crippen LogP contribution in [0.4, 0.5) is 11.9 Å². The number of nitrogens with zero attached hydrogens (tertiary/aromatic N) is 4. The van der Waals surface area contributed by atoms with Crippen molar-refractivity contribution < 1.29 is 0 Å². The SMILES string of the molecule is Clc1nc(NCCc2ccsc2)nc(N2CCCC2)n1. The predicted octanol–water partition coefficient (Wildman–Crippen LogP) is 2.84. The monoisotopic (exact) mass is 309 g/mol. The summed E-state index contributed by atoms with van der Waals surface area (Å²) in [5, 5.41) is 7.70. The zero-order valence-electron chi connectivity index (χ0n) is 11.0. The fourth-order valence-electron chi connectivity index (χ4n) is 2.23. The van der Waals surface area contributed by atoms with E-state index in [0.717, 1.165) is 26.1 Å². The molecule has 5 nitrogen and oxygen atoms in total. The highest BCUT2D eigenvalue weighted by molar-refractivity contribution is 7.07. The molecule has 1 N–H and O–H groups in total. The molecule has 2 aromatic rings. The van der Waals surface area contributed by atoms with Crippen LogP contribution in [0.3, 0.4) is 0 Å². The van der Waals surface area contributed by atoms with Gasteiger partial charge >= 0.3 is 0 Å². The summed E-state index contributed by atoms with van der Waals surface area (Å²) < 4.78 is 0. The lowest BCUT2D eigenvalue weighted by molar-refractivity contribution is 0.873. The van der Waals surface area contributed by atoms with Gasteiger partial charge in [-0.2, -0.15) is 26.3 Å². The van der Waals surface area contributed by atoms with Crippen LogP contribution in [-0.4, -0.2) is 34.6 Å². The van der Waals surface area contributed by atoms with E-state index in [1.807, 2.05) is 0 Å². The van der Waals surface area contributed by atoms with E-state index in [4.69, 9.17) is 11.6 Å². The molecule has 0 aliphatic carbocycles. The van der Waals surface area contributed by atoms with Gasteiger partial charge in [0.1, 0.15) is 0 Å². The molecule has 0 amide bonds. The molecule has 106 valence electrons. The molecule has 0 saturated carbocycles. The van der Waals surface area contributed by atoms with Crippen LogP contribution >= 0.6 is 22.9 Å². The van der Waals surface area contributed by atoms with Crippen LogP contribution in [0.1, 0.15) is 18.4 Å². The van der Waals surface area contributed by atoms with Gasteiger partial charge in [0.25, 0.3) is 0 Å². The molecule has 20 heavy (non-hydrogen) atoms. The summed E-state index contributed by atoms with van der Waals surface area (Å²) in [7, 11) is 0. The minimum Gasteiger partial charge on any atom is -0.354 e. The molecular formula is C13H16ClN5S. The molecule has 1 aliphatic heterocycles. The highest BCUT2D eigenvalue weighted by Crippen LogP contribution is 2.18. The number of rotatable bonds is 5. The van der Waals surface area contributed by atoms with Gasteiger partial charge in [-0.25, -0.2) is 0 Å². The molecule has 0 unspecified atom stereocenters. The highest BCUT2D eigenvalue weighted by Gasteiger charge is 2.16. The lowest BCUT2D eigenvalue weighted by Crippen LogP contribution is -2.21. The van der Waals surface area contributed by atoms with E-state index >= 15 is 0 Å². The number of halogens is 1. The Labute approximate surface area is 127 Å². The zero-order chi connectivity index (χ0) is 13.8. The van der Waals surface area contributed by atoms with Crippen LogP contribution in [0.2, 0.25) is 5.28 Å². The van der Waals surface area contributed by atoms with Crippen molar-refractivity contribution in [3.05, 3.63) is 27.7 Å². The summed E-state index contributed by atoms with van der Waals surface area (Å²) in [6.07, 6.45) is 3.32. The van der Waals surface area contributed by atoms with Gasteiger partial charge in [-0.15, -0.1) is 0 Å². The second kappa shape index (κ2) is 6.37. The summed E-state index contributed by atoms with van der Waals surface area (Å²) in [6, 6.07) is 2.13. The summed E-state index contributed by atoms with van der Waals surface area (Å²) in [5.74, 6) is 1.24. The van der Waals surface area contributed by atoms with Crippen LogP contribution in [0.15, 0.2) is 16.8 Å². The topological polar surface area (TPSA) is 53.9 Å². The van der Waals surface area contributed by atoms with Gasteiger partial charge in [0, 0.05) is 19.6 Å². The van der Waals surface area contributed by atoms with E-state index in [1.165, 1.54) is 18.4 Å². The second-order valence-corrected chi connectivity index (χ2v) is 5.85. The van der Waals surface area contributed by atoms with Crippen molar-refractivity contribution in [1.29, 1.82) is 0 Å². The van der Waals surface area contributed by atoms with E-state index < -0.39 is 0 Å². The van der Waals surface area contributed by atoms with Crippen LogP contribution in [-0.2, 0) is 6.42 Å². The van der Waals surface area contributed by atoms with E-state index in [2.05, 4.69) is 42.0 Å². The number of nitrogens with one attached hydrogen (secondary N) is 1. The minimum absolute atomic E-state index is 0.250. The first kappa shape index (κ1) is 13.6. The van der Waals surface area contributed by atoms with E-state index in [0.29, 0.717) is 11.9 Å². The van der Waals surface area contributed by atoms with E-state index in [-0.39, 0.29) is 5.28 Å². The van der Waals surface area contributed by atoms with E-state index in [1.54, 1.807) is 11.3 Å². The third kappa shape index (κ3) is 3.37. The normalized spacial score (nSPS) is 14.8. The molecule has 0 spiro atoms. The first-order valence-electron chi connectivity index (χ1n) is 6.73. The third-order valence-corrected chi connectivity index (χ3v) is 4.16. The molecule has 0 radical (unpaired) electrons. The summed E-state index contributed by atoms with van der Waals surface area (Å²) in [5.41, 5.74) is 1.32. The van der Waals surface area contributed by atoms with Crippen LogP contribution < -0.4 is 10.2 Å². The fourth-order valence-corrected chi connectivity index (χ4v) is 3.09. The van der Waals surface area contributed by atoms with Gasteiger partial charge in [0.05, 0.1) is 0 Å². The molecule has 7 heteroatoms. The Morgan fingerprint density at radius 1 is 1.25 bits per heavy atom. The standard InChI is InChI=1S/C13H16ClN5S/c14-11-16-12(15-5-3-10-4-8-20-9-10)18-13(17-11)19-6-1-2-7-19/h4,8-9H,1-3,5-7H2,(H,15,16,17,18). The third-order valence-electron chi connectivity index (χ3n) is 3.26. The highest BCUT2D eigenvalue weighted by atomic mass is 35.5. The molecule has 2 aromatic heterocycles. The van der Waals surface area contributed by atoms with Crippen molar-refractivity contribution in [3.63, 3.8) is 0 Å². The second-order valence-electron chi connectivity index (χ2n) is 4.73. The molecule has 0 aromatic carbocycles. The van der Waals surface area contributed by atoms with Crippen molar-refractivity contribution in [3.8, 4) is 0 Å². The summed E-state index contributed by atoms with van der Waals surface area (Å²) in [4.78, 5) is 14.9. The maximum absolute atomic E-state index is 5.98. The van der Waals surface area contributed by atoms with Crippen molar-refractivity contribution in [2.24, 2.45) is 0 Å². The number of aromatic nitrogens is 3. The Bertz CT molecular complexity index is 554. The molecule has 3 rings (SSSR count). The van der Waals surface area contributed by atoms with Crippen LogP contribution in [0.5, 0.6) is 0 Å². The average molecular weight is 310 g/mol. The number of anilines is 2. The van der Waals surface area contributed by atoms with Crippen molar-refractivity contribution >= 4 is 34.8 Å². The molecule has 1 aliphatic rings. The average Bonchev–Trinajstić information content (AvgIpc) is 3.11. The lowest BCUT2D eigenvalue weighted by Gasteiger charge is -2.15. The maximum Gasteiger partial charge on any atom is 0.231 e. The van der Waals surface area contributed by atoms with Crippen molar-refractivity contribution in [2.45, 2.75) is 19.3 Å². The molecule has 0 atom stereocenters. The largest absolute Gasteiger partial charge is 0.354 e. The van der Waals surface area contributed by atoms with Gasteiger partial charge in [0.15, 0.2) is 0 Å².